The predicted octanol–water partition coefficient (Wildman–Crippen LogP) is 2.87. The van der Waals surface area contributed by atoms with Crippen LogP contribution in [0.15, 0.2) is 48.5 Å². The summed E-state index contributed by atoms with van der Waals surface area (Å²) in [4.78, 5) is 23.8. The second-order valence-electron chi connectivity index (χ2n) is 5.15. The van der Waals surface area contributed by atoms with Gasteiger partial charge in [0.2, 0.25) is 0 Å². The number of carbonyl (C=O) groups is 2. The average molecular weight is 331 g/mol. The maximum atomic E-state index is 12.9. The first-order valence-electron chi connectivity index (χ1n) is 7.35. The van der Waals surface area contributed by atoms with Gasteiger partial charge in [0.05, 0.1) is 18.7 Å². The van der Waals surface area contributed by atoms with E-state index in [0.717, 1.165) is 5.56 Å². The van der Waals surface area contributed by atoms with Gasteiger partial charge in [-0.3, -0.25) is 4.79 Å². The molecule has 2 aromatic carbocycles. The largest absolute Gasteiger partial charge is 0.497 e. The molecule has 0 saturated carbocycles. The van der Waals surface area contributed by atoms with Crippen LogP contribution >= 0.6 is 0 Å². The summed E-state index contributed by atoms with van der Waals surface area (Å²) < 4.78 is 22.9. The molecule has 0 fully saturated rings. The number of nitrogens with one attached hydrogen (secondary N) is 1. The Morgan fingerprint density at radius 3 is 2.54 bits per heavy atom. The molecule has 1 amide bonds. The van der Waals surface area contributed by atoms with E-state index >= 15 is 0 Å². The number of benzene rings is 2. The molecule has 24 heavy (non-hydrogen) atoms. The molecule has 0 aliphatic carbocycles. The number of rotatable bonds is 6. The molecule has 0 heterocycles. The third kappa shape index (κ3) is 4.81. The fraction of sp³-hybridized carbons (Fsp3) is 0.222. The van der Waals surface area contributed by atoms with Crippen LogP contribution in [-0.4, -0.2) is 25.6 Å². The van der Waals surface area contributed by atoms with Gasteiger partial charge < -0.3 is 14.8 Å². The summed E-state index contributed by atoms with van der Waals surface area (Å²) in [5, 5.41) is 2.68. The lowest BCUT2D eigenvalue weighted by atomic mass is 10.1. The van der Waals surface area contributed by atoms with Crippen LogP contribution in [0.5, 0.6) is 5.75 Å². The van der Waals surface area contributed by atoms with Crippen molar-refractivity contribution in [1.29, 1.82) is 0 Å². The number of hydrogen-bond donors (Lipinski definition) is 1. The van der Waals surface area contributed by atoms with Gasteiger partial charge in [0.25, 0.3) is 5.91 Å². The molecule has 0 aliphatic rings. The van der Waals surface area contributed by atoms with E-state index in [1.807, 2.05) is 0 Å². The first-order chi connectivity index (χ1) is 11.5. The number of esters is 1. The quantitative estimate of drug-likeness (QED) is 0.827. The lowest BCUT2D eigenvalue weighted by Gasteiger charge is -2.14. The molecule has 2 rings (SSSR count). The first-order valence-corrected chi connectivity index (χ1v) is 7.35. The zero-order valence-electron chi connectivity index (χ0n) is 13.4. The van der Waals surface area contributed by atoms with Crippen molar-refractivity contribution in [2.75, 3.05) is 13.7 Å². The van der Waals surface area contributed by atoms with Crippen LogP contribution < -0.4 is 10.1 Å². The zero-order chi connectivity index (χ0) is 17.5. The van der Waals surface area contributed by atoms with Crippen LogP contribution in [-0.2, 0) is 9.53 Å². The standard InChI is InChI=1S/C18H18FNO4/c1-12(13-6-8-15(19)9-7-13)20-17(21)11-24-18(22)14-4-3-5-16(10-14)23-2/h3-10,12H,11H2,1-2H3,(H,20,21)/t12-/m1/s1. The monoisotopic (exact) mass is 331 g/mol. The Hall–Kier alpha value is -2.89. The predicted molar refractivity (Wildman–Crippen MR) is 86.2 cm³/mol. The Morgan fingerprint density at radius 2 is 1.88 bits per heavy atom. The normalized spacial score (nSPS) is 11.5. The van der Waals surface area contributed by atoms with Crippen molar-refractivity contribution in [2.45, 2.75) is 13.0 Å². The topological polar surface area (TPSA) is 64.6 Å². The molecule has 2 aromatic rings. The number of methoxy groups -OCH3 is 1. The van der Waals surface area contributed by atoms with Crippen molar-refractivity contribution in [3.05, 3.63) is 65.5 Å². The average Bonchev–Trinajstić information content (AvgIpc) is 2.60. The molecule has 0 saturated heterocycles. The van der Waals surface area contributed by atoms with E-state index in [1.165, 1.54) is 25.3 Å². The van der Waals surface area contributed by atoms with Crippen LogP contribution in [0, 0.1) is 5.82 Å². The van der Waals surface area contributed by atoms with E-state index in [1.54, 1.807) is 37.3 Å². The van der Waals surface area contributed by atoms with Gasteiger partial charge in [0, 0.05) is 0 Å². The van der Waals surface area contributed by atoms with E-state index < -0.39 is 18.5 Å². The fourth-order valence-electron chi connectivity index (χ4n) is 2.08. The molecule has 0 unspecified atom stereocenters. The van der Waals surface area contributed by atoms with Gasteiger partial charge in [-0.05, 0) is 42.8 Å². The van der Waals surface area contributed by atoms with E-state index in [0.29, 0.717) is 11.3 Å². The summed E-state index contributed by atoms with van der Waals surface area (Å²) in [5.74, 6) is -0.870. The van der Waals surface area contributed by atoms with Crippen LogP contribution in [0.3, 0.4) is 0 Å². The second kappa shape index (κ2) is 8.10. The maximum Gasteiger partial charge on any atom is 0.338 e. The molecule has 0 spiro atoms. The van der Waals surface area contributed by atoms with Crippen LogP contribution in [0.2, 0.25) is 0 Å². The molecule has 126 valence electrons. The Labute approximate surface area is 139 Å². The lowest BCUT2D eigenvalue weighted by molar-refractivity contribution is -0.124. The van der Waals surface area contributed by atoms with Crippen molar-refractivity contribution >= 4 is 11.9 Å². The lowest BCUT2D eigenvalue weighted by Crippen LogP contribution is -2.31. The molecule has 0 bridgehead atoms. The van der Waals surface area contributed by atoms with Gasteiger partial charge in [-0.1, -0.05) is 18.2 Å². The highest BCUT2D eigenvalue weighted by atomic mass is 19.1. The van der Waals surface area contributed by atoms with Crippen molar-refractivity contribution in [1.82, 2.24) is 5.32 Å². The van der Waals surface area contributed by atoms with Gasteiger partial charge in [-0.2, -0.15) is 0 Å². The third-order valence-electron chi connectivity index (χ3n) is 3.39. The summed E-state index contributed by atoms with van der Waals surface area (Å²) in [5.41, 5.74) is 1.05. The minimum Gasteiger partial charge on any atom is -0.497 e. The Bertz CT molecular complexity index is 715. The van der Waals surface area contributed by atoms with Crippen LogP contribution in [0.25, 0.3) is 0 Å². The van der Waals surface area contributed by atoms with Gasteiger partial charge in [-0.15, -0.1) is 0 Å². The summed E-state index contributed by atoms with van der Waals surface area (Å²) in [6, 6.07) is 12.0. The van der Waals surface area contributed by atoms with E-state index in [9.17, 15) is 14.0 Å². The minimum absolute atomic E-state index is 0.300. The maximum absolute atomic E-state index is 12.9. The SMILES string of the molecule is COc1cccc(C(=O)OCC(=O)N[C@H](C)c2ccc(F)cc2)c1. The summed E-state index contributed by atoms with van der Waals surface area (Å²) >= 11 is 0. The molecule has 1 atom stereocenters. The van der Waals surface area contributed by atoms with Crippen molar-refractivity contribution in [3.8, 4) is 5.75 Å². The molecule has 0 aliphatic heterocycles. The Morgan fingerprint density at radius 1 is 1.17 bits per heavy atom. The molecule has 0 aromatic heterocycles. The van der Waals surface area contributed by atoms with E-state index in [2.05, 4.69) is 5.32 Å². The number of halogens is 1. The highest BCUT2D eigenvalue weighted by Gasteiger charge is 2.13. The van der Waals surface area contributed by atoms with Gasteiger partial charge in [0.1, 0.15) is 11.6 Å². The molecular weight excluding hydrogens is 313 g/mol. The minimum atomic E-state index is -0.613. The summed E-state index contributed by atoms with van der Waals surface area (Å²) in [6.45, 7) is 1.36. The molecule has 0 radical (unpaired) electrons. The summed E-state index contributed by atoms with van der Waals surface area (Å²) in [6.07, 6.45) is 0. The number of ether oxygens (including phenoxy) is 2. The first kappa shape index (κ1) is 17.5. The van der Waals surface area contributed by atoms with Gasteiger partial charge in [-0.25, -0.2) is 9.18 Å². The Balaban J connectivity index is 1.86. The number of amides is 1. The summed E-state index contributed by atoms with van der Waals surface area (Å²) in [7, 11) is 1.49. The highest BCUT2D eigenvalue weighted by molar-refractivity contribution is 5.91. The van der Waals surface area contributed by atoms with Crippen LogP contribution in [0.1, 0.15) is 28.9 Å². The molecule has 5 nitrogen and oxygen atoms in total. The Kier molecular flexibility index (Phi) is 5.89. The van der Waals surface area contributed by atoms with Gasteiger partial charge in [0.15, 0.2) is 6.61 Å². The van der Waals surface area contributed by atoms with E-state index in [4.69, 9.17) is 9.47 Å². The third-order valence-corrected chi connectivity index (χ3v) is 3.39. The number of hydrogen-bond acceptors (Lipinski definition) is 4. The highest BCUT2D eigenvalue weighted by Crippen LogP contribution is 2.14. The van der Waals surface area contributed by atoms with Crippen LogP contribution in [0.4, 0.5) is 4.39 Å². The van der Waals surface area contributed by atoms with E-state index in [-0.39, 0.29) is 11.9 Å². The number of carbonyl (C=O) groups excluding carboxylic acids is 2. The van der Waals surface area contributed by atoms with Crippen molar-refractivity contribution < 1.29 is 23.5 Å². The molecular formula is C18H18FNO4. The van der Waals surface area contributed by atoms with Gasteiger partial charge >= 0.3 is 5.97 Å². The molecule has 6 heteroatoms. The second-order valence-corrected chi connectivity index (χ2v) is 5.15. The van der Waals surface area contributed by atoms with Crippen molar-refractivity contribution in [2.24, 2.45) is 0 Å². The zero-order valence-corrected chi connectivity index (χ0v) is 13.4. The smallest absolute Gasteiger partial charge is 0.338 e. The van der Waals surface area contributed by atoms with Crippen molar-refractivity contribution in [3.63, 3.8) is 0 Å². The fourth-order valence-corrected chi connectivity index (χ4v) is 2.08. The molecule has 1 N–H and O–H groups in total.